The summed E-state index contributed by atoms with van der Waals surface area (Å²) >= 11 is 0. The van der Waals surface area contributed by atoms with E-state index in [1.807, 2.05) is 30.5 Å². The number of amides is 1. The third-order valence-corrected chi connectivity index (χ3v) is 4.63. The maximum Gasteiger partial charge on any atom is 0.251 e. The fourth-order valence-corrected chi connectivity index (χ4v) is 2.90. The highest BCUT2D eigenvalue weighted by Gasteiger charge is 2.39. The Labute approximate surface area is 119 Å². The molecule has 4 heteroatoms. The van der Waals surface area contributed by atoms with Crippen LogP contribution in [0.3, 0.4) is 0 Å². The second-order valence-corrected chi connectivity index (χ2v) is 5.93. The lowest BCUT2D eigenvalue weighted by molar-refractivity contribution is 0.0557. The second kappa shape index (κ2) is 4.94. The van der Waals surface area contributed by atoms with Gasteiger partial charge in [0.15, 0.2) is 0 Å². The molecular weight excluding hydrogens is 250 g/mol. The van der Waals surface area contributed by atoms with Crippen molar-refractivity contribution in [3.8, 4) is 0 Å². The van der Waals surface area contributed by atoms with Crippen LogP contribution in [0.25, 0.3) is 10.9 Å². The largest absolute Gasteiger partial charge is 0.361 e. The third kappa shape index (κ3) is 2.20. The lowest BCUT2D eigenvalue weighted by Crippen LogP contribution is -2.57. The van der Waals surface area contributed by atoms with Crippen molar-refractivity contribution >= 4 is 16.8 Å². The van der Waals surface area contributed by atoms with Gasteiger partial charge < -0.3 is 15.2 Å². The van der Waals surface area contributed by atoms with Crippen molar-refractivity contribution in [1.82, 2.24) is 15.2 Å². The van der Waals surface area contributed by atoms with Crippen molar-refractivity contribution in [1.29, 1.82) is 0 Å². The van der Waals surface area contributed by atoms with E-state index in [9.17, 15) is 4.79 Å². The van der Waals surface area contributed by atoms with Gasteiger partial charge in [-0.25, -0.2) is 0 Å². The molecule has 3 rings (SSSR count). The predicted molar refractivity (Wildman–Crippen MR) is 80.9 cm³/mol. The Kier molecular flexibility index (Phi) is 3.26. The maximum atomic E-state index is 12.3. The van der Waals surface area contributed by atoms with E-state index in [2.05, 4.69) is 29.3 Å². The van der Waals surface area contributed by atoms with Gasteiger partial charge in [0.25, 0.3) is 5.91 Å². The number of nitrogens with one attached hydrogen (secondary N) is 2. The molecule has 2 aromatic rings. The average molecular weight is 271 g/mol. The van der Waals surface area contributed by atoms with Crippen LogP contribution < -0.4 is 5.32 Å². The summed E-state index contributed by atoms with van der Waals surface area (Å²) < 4.78 is 0. The van der Waals surface area contributed by atoms with Gasteiger partial charge in [-0.1, -0.05) is 6.07 Å². The fraction of sp³-hybridized carbons (Fsp3) is 0.438. The molecule has 1 saturated carbocycles. The first kappa shape index (κ1) is 13.2. The van der Waals surface area contributed by atoms with Gasteiger partial charge >= 0.3 is 0 Å². The number of carbonyl (C=O) groups excluding carboxylic acids is 1. The van der Waals surface area contributed by atoms with Gasteiger partial charge in [0, 0.05) is 29.4 Å². The van der Waals surface area contributed by atoms with Crippen LogP contribution in [0.4, 0.5) is 0 Å². The summed E-state index contributed by atoms with van der Waals surface area (Å²) in [5, 5.41) is 4.22. The van der Waals surface area contributed by atoms with Gasteiger partial charge in [-0.2, -0.15) is 0 Å². The quantitative estimate of drug-likeness (QED) is 0.897. The van der Waals surface area contributed by atoms with Gasteiger partial charge in [0.1, 0.15) is 0 Å². The van der Waals surface area contributed by atoms with Crippen LogP contribution in [-0.2, 0) is 0 Å². The molecule has 106 valence electrons. The molecule has 0 spiro atoms. The molecule has 0 bridgehead atoms. The Balaban J connectivity index is 1.69. The number of aromatic nitrogens is 1. The van der Waals surface area contributed by atoms with Crippen molar-refractivity contribution in [3.05, 3.63) is 36.0 Å². The minimum absolute atomic E-state index is 0.00891. The number of aromatic amines is 1. The summed E-state index contributed by atoms with van der Waals surface area (Å²) in [5.74, 6) is 0.00891. The maximum absolute atomic E-state index is 12.3. The molecule has 1 fully saturated rings. The van der Waals surface area contributed by atoms with Crippen LogP contribution in [0.2, 0.25) is 0 Å². The van der Waals surface area contributed by atoms with Crippen LogP contribution in [0.1, 0.15) is 29.6 Å². The number of benzene rings is 1. The number of rotatable bonds is 4. The zero-order valence-corrected chi connectivity index (χ0v) is 12.1. The lowest BCUT2D eigenvalue weighted by atomic mass is 9.75. The number of hydrogen-bond donors (Lipinski definition) is 2. The molecule has 4 nitrogen and oxygen atoms in total. The van der Waals surface area contributed by atoms with Gasteiger partial charge in [-0.3, -0.25) is 4.79 Å². The molecule has 1 heterocycles. The smallest absolute Gasteiger partial charge is 0.251 e. The van der Waals surface area contributed by atoms with Crippen molar-refractivity contribution in [2.45, 2.75) is 24.8 Å². The van der Waals surface area contributed by atoms with Gasteiger partial charge in [-0.05, 0) is 56.9 Å². The molecule has 1 aliphatic rings. The molecular formula is C16H21N3O. The van der Waals surface area contributed by atoms with Gasteiger partial charge in [0.2, 0.25) is 0 Å². The molecule has 20 heavy (non-hydrogen) atoms. The highest BCUT2D eigenvalue weighted by atomic mass is 16.1. The first-order chi connectivity index (χ1) is 9.61. The molecule has 0 saturated heterocycles. The molecule has 0 radical (unpaired) electrons. The highest BCUT2D eigenvalue weighted by Crippen LogP contribution is 2.35. The molecule has 1 amide bonds. The summed E-state index contributed by atoms with van der Waals surface area (Å²) in [6.07, 6.45) is 5.47. The number of fused-ring (bicyclic) bond motifs is 1. The van der Waals surface area contributed by atoms with E-state index in [1.165, 1.54) is 6.42 Å². The van der Waals surface area contributed by atoms with E-state index in [-0.39, 0.29) is 11.4 Å². The first-order valence-corrected chi connectivity index (χ1v) is 7.14. The zero-order valence-electron chi connectivity index (χ0n) is 12.1. The van der Waals surface area contributed by atoms with Crippen molar-refractivity contribution in [2.24, 2.45) is 0 Å². The van der Waals surface area contributed by atoms with E-state index in [0.29, 0.717) is 5.56 Å². The first-order valence-electron chi connectivity index (χ1n) is 7.14. The molecule has 0 aliphatic heterocycles. The van der Waals surface area contributed by atoms with E-state index in [1.54, 1.807) is 0 Å². The Morgan fingerprint density at radius 3 is 2.80 bits per heavy atom. The monoisotopic (exact) mass is 271 g/mol. The number of hydrogen-bond acceptors (Lipinski definition) is 2. The number of nitrogens with zero attached hydrogens (tertiary/aromatic N) is 1. The number of carbonyl (C=O) groups is 1. The molecule has 1 aromatic carbocycles. The van der Waals surface area contributed by atoms with Crippen LogP contribution in [0.5, 0.6) is 0 Å². The number of likely N-dealkylation sites (N-methyl/N-ethyl adjacent to an activating group) is 1. The molecule has 1 aliphatic carbocycles. The van der Waals surface area contributed by atoms with Crippen LogP contribution in [0.15, 0.2) is 30.5 Å². The molecule has 0 atom stereocenters. The Morgan fingerprint density at radius 2 is 2.15 bits per heavy atom. The minimum Gasteiger partial charge on any atom is -0.361 e. The van der Waals surface area contributed by atoms with Crippen molar-refractivity contribution in [2.75, 3.05) is 20.6 Å². The minimum atomic E-state index is 0.00891. The Hall–Kier alpha value is -1.81. The van der Waals surface area contributed by atoms with E-state index >= 15 is 0 Å². The fourth-order valence-electron chi connectivity index (χ4n) is 2.90. The summed E-state index contributed by atoms with van der Waals surface area (Å²) in [6, 6.07) is 7.78. The summed E-state index contributed by atoms with van der Waals surface area (Å²) in [6.45, 7) is 0.724. The lowest BCUT2D eigenvalue weighted by Gasteiger charge is -2.47. The molecule has 0 unspecified atom stereocenters. The summed E-state index contributed by atoms with van der Waals surface area (Å²) in [7, 11) is 4.19. The van der Waals surface area contributed by atoms with Crippen LogP contribution >= 0.6 is 0 Å². The average Bonchev–Trinajstić information content (AvgIpc) is 2.83. The Morgan fingerprint density at radius 1 is 1.35 bits per heavy atom. The van der Waals surface area contributed by atoms with E-state index < -0.39 is 0 Å². The number of H-pyrrole nitrogens is 1. The normalized spacial score (nSPS) is 17.1. The predicted octanol–water partition coefficient (Wildman–Crippen LogP) is 2.38. The van der Waals surface area contributed by atoms with Crippen LogP contribution in [0, 0.1) is 0 Å². The summed E-state index contributed by atoms with van der Waals surface area (Å²) in [5.41, 5.74) is 1.88. The highest BCUT2D eigenvalue weighted by molar-refractivity contribution is 5.97. The van der Waals surface area contributed by atoms with E-state index in [0.717, 1.165) is 30.3 Å². The van der Waals surface area contributed by atoms with Crippen molar-refractivity contribution in [3.63, 3.8) is 0 Å². The standard InChI is InChI=1S/C16H21N3O/c1-19(2)16(7-3-8-16)11-18-15(20)13-5-4-12-6-9-17-14(12)10-13/h4-6,9-10,17H,3,7-8,11H2,1-2H3,(H,18,20). The topological polar surface area (TPSA) is 48.1 Å². The van der Waals surface area contributed by atoms with Gasteiger partial charge in [-0.15, -0.1) is 0 Å². The van der Waals surface area contributed by atoms with Crippen molar-refractivity contribution < 1.29 is 4.79 Å². The summed E-state index contributed by atoms with van der Waals surface area (Å²) in [4.78, 5) is 17.7. The molecule has 1 aromatic heterocycles. The SMILES string of the molecule is CN(C)C1(CNC(=O)c2ccc3cc[nH]c3c2)CCC1. The second-order valence-electron chi connectivity index (χ2n) is 5.93. The molecule has 2 N–H and O–H groups in total. The van der Waals surface area contributed by atoms with Gasteiger partial charge in [0.05, 0.1) is 0 Å². The third-order valence-electron chi connectivity index (χ3n) is 4.63. The Bertz CT molecular complexity index is 625. The van der Waals surface area contributed by atoms with E-state index in [4.69, 9.17) is 0 Å². The zero-order chi connectivity index (χ0) is 14.2. The van der Waals surface area contributed by atoms with Crippen LogP contribution in [-0.4, -0.2) is 42.0 Å².